The molecule has 0 spiro atoms. The maximum Gasteiger partial charge on any atom is 0.248 e. The highest BCUT2D eigenvalue weighted by molar-refractivity contribution is 7.89. The van der Waals surface area contributed by atoms with Crippen molar-refractivity contribution in [3.05, 3.63) is 58.8 Å². The number of aromatic nitrogens is 2. The first-order valence-corrected chi connectivity index (χ1v) is 7.48. The van der Waals surface area contributed by atoms with E-state index in [-0.39, 0.29) is 4.90 Å². The van der Waals surface area contributed by atoms with Crippen molar-refractivity contribution in [1.29, 1.82) is 0 Å². The van der Waals surface area contributed by atoms with Crippen LogP contribution in [0.2, 0.25) is 0 Å². The van der Waals surface area contributed by atoms with Crippen LogP contribution in [0.5, 0.6) is 0 Å². The van der Waals surface area contributed by atoms with Gasteiger partial charge in [0.2, 0.25) is 15.5 Å². The second-order valence-corrected chi connectivity index (χ2v) is 6.32. The van der Waals surface area contributed by atoms with Gasteiger partial charge in [-0.25, -0.2) is 12.7 Å². The van der Waals surface area contributed by atoms with Crippen LogP contribution in [0.1, 0.15) is 5.56 Å². The summed E-state index contributed by atoms with van der Waals surface area (Å²) in [6.07, 6.45) is 6.49. The molecule has 0 bridgehead atoms. The quantitative estimate of drug-likeness (QED) is 0.876. The lowest BCUT2D eigenvalue weighted by Gasteiger charge is -2.16. The van der Waals surface area contributed by atoms with Gasteiger partial charge in [0.1, 0.15) is 4.90 Å². The monoisotopic (exact) mass is 293 g/mol. The molecule has 0 aliphatic carbocycles. The molecule has 106 valence electrons. The Balaban J connectivity index is 2.14. The molecule has 20 heavy (non-hydrogen) atoms. The van der Waals surface area contributed by atoms with E-state index < -0.39 is 15.5 Å². The zero-order chi connectivity index (χ0) is 14.6. The molecule has 2 aromatic heterocycles. The van der Waals surface area contributed by atoms with E-state index in [1.165, 1.54) is 29.8 Å². The lowest BCUT2D eigenvalue weighted by molar-refractivity contribution is 0.471. The maximum atomic E-state index is 12.3. The Morgan fingerprint density at radius 1 is 1.25 bits per heavy atom. The molecule has 6 nitrogen and oxygen atoms in total. The van der Waals surface area contributed by atoms with E-state index in [9.17, 15) is 13.2 Å². The summed E-state index contributed by atoms with van der Waals surface area (Å²) in [5.41, 5.74) is 0.475. The number of hydrogen-bond donors (Lipinski definition) is 1. The normalized spacial score (nSPS) is 11.7. The predicted molar refractivity (Wildman–Crippen MR) is 74.8 cm³/mol. The minimum atomic E-state index is -3.77. The second kappa shape index (κ2) is 5.98. The molecule has 0 atom stereocenters. The van der Waals surface area contributed by atoms with Gasteiger partial charge in [0.05, 0.1) is 0 Å². The van der Waals surface area contributed by atoms with Gasteiger partial charge < -0.3 is 4.98 Å². The second-order valence-electron chi connectivity index (χ2n) is 4.30. The van der Waals surface area contributed by atoms with Crippen LogP contribution in [0, 0.1) is 0 Å². The summed E-state index contributed by atoms with van der Waals surface area (Å²) >= 11 is 0. The van der Waals surface area contributed by atoms with Gasteiger partial charge in [-0.15, -0.1) is 0 Å². The average molecular weight is 293 g/mol. The number of sulfonamides is 1. The molecule has 7 heteroatoms. The molecule has 1 N–H and O–H groups in total. The number of aromatic amines is 1. The van der Waals surface area contributed by atoms with Crippen LogP contribution in [0.25, 0.3) is 0 Å². The van der Waals surface area contributed by atoms with E-state index in [2.05, 4.69) is 9.97 Å². The predicted octanol–water partition coefficient (Wildman–Crippen LogP) is 0.633. The molecule has 2 rings (SSSR count). The van der Waals surface area contributed by atoms with Crippen molar-refractivity contribution in [1.82, 2.24) is 14.3 Å². The fraction of sp³-hybridized carbons (Fsp3) is 0.231. The Hall–Kier alpha value is -1.99. The van der Waals surface area contributed by atoms with Crippen LogP contribution in [0.3, 0.4) is 0 Å². The smallest absolute Gasteiger partial charge is 0.248 e. The lowest BCUT2D eigenvalue weighted by atomic mass is 10.2. The van der Waals surface area contributed by atoms with Crippen LogP contribution in [-0.4, -0.2) is 36.3 Å². The van der Waals surface area contributed by atoms with E-state index in [0.29, 0.717) is 13.0 Å². The van der Waals surface area contributed by atoms with Crippen molar-refractivity contribution in [3.8, 4) is 0 Å². The number of hydrogen-bond acceptors (Lipinski definition) is 4. The van der Waals surface area contributed by atoms with Gasteiger partial charge in [-0.2, -0.15) is 0 Å². The number of rotatable bonds is 5. The molecule has 2 heterocycles. The molecule has 0 aliphatic rings. The van der Waals surface area contributed by atoms with Crippen LogP contribution >= 0.6 is 0 Å². The molecule has 2 aromatic rings. The summed E-state index contributed by atoms with van der Waals surface area (Å²) in [5.74, 6) is 0. The highest BCUT2D eigenvalue weighted by Crippen LogP contribution is 2.09. The Bertz CT molecular complexity index is 726. The van der Waals surface area contributed by atoms with Gasteiger partial charge in [0, 0.05) is 44.4 Å². The molecule has 0 unspecified atom stereocenters. The Labute approximate surface area is 117 Å². The standard InChI is InChI=1S/C13H15N3O3S/c1-16(9-5-11-2-6-14-7-3-11)20(18,19)13-10-15-8-4-12(13)17/h2-4,6-8,10H,5,9H2,1H3,(H,15,17). The largest absolute Gasteiger partial charge is 0.366 e. The third-order valence-electron chi connectivity index (χ3n) is 2.94. The van der Waals surface area contributed by atoms with Crippen molar-refractivity contribution < 1.29 is 8.42 Å². The Morgan fingerprint density at radius 3 is 2.60 bits per heavy atom. The topological polar surface area (TPSA) is 83.1 Å². The van der Waals surface area contributed by atoms with Crippen molar-refractivity contribution in [2.75, 3.05) is 13.6 Å². The summed E-state index contributed by atoms with van der Waals surface area (Å²) in [5, 5.41) is 0. The van der Waals surface area contributed by atoms with Crippen LogP contribution in [0.15, 0.2) is 52.7 Å². The van der Waals surface area contributed by atoms with Gasteiger partial charge in [-0.1, -0.05) is 0 Å². The van der Waals surface area contributed by atoms with Gasteiger partial charge >= 0.3 is 0 Å². The highest BCUT2D eigenvalue weighted by atomic mass is 32.2. The van der Waals surface area contributed by atoms with E-state index in [4.69, 9.17) is 0 Å². The summed E-state index contributed by atoms with van der Waals surface area (Å²) in [4.78, 5) is 17.9. The molecular weight excluding hydrogens is 278 g/mol. The first kappa shape index (κ1) is 14.4. The van der Waals surface area contributed by atoms with E-state index in [1.807, 2.05) is 12.1 Å². The summed E-state index contributed by atoms with van der Waals surface area (Å²) < 4.78 is 25.7. The van der Waals surface area contributed by atoms with Crippen LogP contribution in [0.4, 0.5) is 0 Å². The van der Waals surface area contributed by atoms with Gasteiger partial charge in [0.25, 0.3) is 0 Å². The van der Waals surface area contributed by atoms with Crippen molar-refractivity contribution in [2.45, 2.75) is 11.3 Å². The minimum Gasteiger partial charge on any atom is -0.366 e. The number of pyridine rings is 2. The van der Waals surface area contributed by atoms with Gasteiger partial charge in [0.15, 0.2) is 0 Å². The fourth-order valence-electron chi connectivity index (χ4n) is 1.73. The molecule has 0 radical (unpaired) electrons. The van der Waals surface area contributed by atoms with Crippen LogP contribution in [-0.2, 0) is 16.4 Å². The highest BCUT2D eigenvalue weighted by Gasteiger charge is 2.23. The fourth-order valence-corrected chi connectivity index (χ4v) is 2.93. The third kappa shape index (κ3) is 3.12. The van der Waals surface area contributed by atoms with E-state index >= 15 is 0 Å². The van der Waals surface area contributed by atoms with Crippen LogP contribution < -0.4 is 5.43 Å². The average Bonchev–Trinajstić information content (AvgIpc) is 2.46. The number of H-pyrrole nitrogens is 1. The molecule has 0 aliphatic heterocycles. The lowest BCUT2D eigenvalue weighted by Crippen LogP contribution is -2.32. The van der Waals surface area contributed by atoms with Crippen molar-refractivity contribution in [2.24, 2.45) is 0 Å². The Morgan fingerprint density at radius 2 is 1.95 bits per heavy atom. The first-order valence-electron chi connectivity index (χ1n) is 6.04. The Kier molecular flexibility index (Phi) is 4.31. The molecule has 0 amide bonds. The molecule has 0 saturated heterocycles. The summed E-state index contributed by atoms with van der Waals surface area (Å²) in [6, 6.07) is 4.86. The number of likely N-dealkylation sites (N-methyl/N-ethyl adjacent to an activating group) is 1. The zero-order valence-electron chi connectivity index (χ0n) is 11.0. The van der Waals surface area contributed by atoms with Gasteiger partial charge in [-0.05, 0) is 24.1 Å². The van der Waals surface area contributed by atoms with Crippen molar-refractivity contribution >= 4 is 10.0 Å². The maximum absolute atomic E-state index is 12.3. The molecule has 0 aromatic carbocycles. The summed E-state index contributed by atoms with van der Waals surface area (Å²) in [7, 11) is -2.30. The number of nitrogens with one attached hydrogen (secondary N) is 1. The minimum absolute atomic E-state index is 0.239. The van der Waals surface area contributed by atoms with E-state index in [1.54, 1.807) is 12.4 Å². The summed E-state index contributed by atoms with van der Waals surface area (Å²) in [6.45, 7) is 0.292. The van der Waals surface area contributed by atoms with E-state index in [0.717, 1.165) is 5.56 Å². The zero-order valence-corrected chi connectivity index (χ0v) is 11.8. The molecule has 0 saturated carbocycles. The van der Waals surface area contributed by atoms with Gasteiger partial charge in [-0.3, -0.25) is 9.78 Å². The first-order chi connectivity index (χ1) is 9.51. The molecular formula is C13H15N3O3S. The number of nitrogens with zero attached hydrogens (tertiary/aromatic N) is 2. The SMILES string of the molecule is CN(CCc1ccncc1)S(=O)(=O)c1c[nH]ccc1=O. The van der Waals surface area contributed by atoms with Crippen molar-refractivity contribution in [3.63, 3.8) is 0 Å². The third-order valence-corrected chi connectivity index (χ3v) is 4.82. The molecule has 0 fully saturated rings.